The molecule has 0 bridgehead atoms. The van der Waals surface area contributed by atoms with E-state index in [1.165, 1.54) is 4.68 Å². The average Bonchev–Trinajstić information content (AvgIpc) is 3.10. The fourth-order valence-electron chi connectivity index (χ4n) is 2.55. The minimum atomic E-state index is -0.0664. The summed E-state index contributed by atoms with van der Waals surface area (Å²) in [5.74, 6) is 0.833. The van der Waals surface area contributed by atoms with Crippen LogP contribution in [0.2, 0.25) is 0 Å². The van der Waals surface area contributed by atoms with E-state index in [1.807, 2.05) is 67.6 Å². The van der Waals surface area contributed by atoms with E-state index in [-0.39, 0.29) is 5.91 Å². The fraction of sp³-hybridized carbons (Fsp3) is 0.250. The number of hydrogen-bond acceptors (Lipinski definition) is 5. The quantitative estimate of drug-likeness (QED) is 0.644. The predicted octanol–water partition coefficient (Wildman–Crippen LogP) is 3.94. The van der Waals surface area contributed by atoms with Gasteiger partial charge in [-0.2, -0.15) is 9.67 Å². The molecule has 6 heteroatoms. The van der Waals surface area contributed by atoms with Crippen LogP contribution in [0.15, 0.2) is 60.7 Å². The van der Waals surface area contributed by atoms with Gasteiger partial charge in [0.25, 0.3) is 0 Å². The van der Waals surface area contributed by atoms with Crippen LogP contribution < -0.4 is 10.6 Å². The zero-order valence-corrected chi connectivity index (χ0v) is 14.9. The molecule has 134 valence electrons. The molecule has 6 nitrogen and oxygen atoms in total. The number of nitrogens with one attached hydrogen (secondary N) is 2. The molecule has 0 aliphatic heterocycles. The molecule has 1 heterocycles. The molecule has 0 amide bonds. The Hall–Kier alpha value is -3.15. The lowest BCUT2D eigenvalue weighted by atomic mass is 10.2. The molecule has 0 aliphatic rings. The first kappa shape index (κ1) is 17.7. The number of carbonyl (C=O) groups excluding carboxylic acids is 1. The summed E-state index contributed by atoms with van der Waals surface area (Å²) in [5.41, 5.74) is 2.24. The van der Waals surface area contributed by atoms with Crippen LogP contribution in [-0.2, 0) is 13.1 Å². The zero-order valence-electron chi connectivity index (χ0n) is 14.9. The highest BCUT2D eigenvalue weighted by molar-refractivity contribution is 5.81. The summed E-state index contributed by atoms with van der Waals surface area (Å²) in [6.45, 7) is 3.16. The molecule has 3 aromatic rings. The standard InChI is InChI=1S/C20H23N5O/c1-2-9-18(26)25-20(22-15-17-12-7-4-8-13-17)23-19(24-25)21-14-16-10-5-3-6-11-16/h3-8,10-13H,2,9,14-15H2,1H3,(H2,21,22,23,24). The van der Waals surface area contributed by atoms with E-state index in [2.05, 4.69) is 20.7 Å². The molecular weight excluding hydrogens is 326 g/mol. The highest BCUT2D eigenvalue weighted by atomic mass is 16.2. The summed E-state index contributed by atoms with van der Waals surface area (Å²) >= 11 is 0. The molecule has 0 spiro atoms. The molecule has 1 aromatic heterocycles. The number of carbonyl (C=O) groups is 1. The number of anilines is 2. The van der Waals surface area contributed by atoms with Crippen LogP contribution in [-0.4, -0.2) is 20.7 Å². The lowest BCUT2D eigenvalue weighted by molar-refractivity contribution is 0.0888. The lowest BCUT2D eigenvalue weighted by Gasteiger charge is -2.06. The largest absolute Gasteiger partial charge is 0.350 e. The van der Waals surface area contributed by atoms with Crippen molar-refractivity contribution in [2.24, 2.45) is 0 Å². The second kappa shape index (κ2) is 8.80. The number of rotatable bonds is 8. The maximum Gasteiger partial charge on any atom is 0.250 e. The third kappa shape index (κ3) is 4.69. The SMILES string of the molecule is CCCC(=O)n1nc(NCc2ccccc2)nc1NCc1ccccc1. The van der Waals surface area contributed by atoms with E-state index in [4.69, 9.17) is 0 Å². The number of aromatic nitrogens is 3. The van der Waals surface area contributed by atoms with Crippen LogP contribution in [0.5, 0.6) is 0 Å². The van der Waals surface area contributed by atoms with Crippen molar-refractivity contribution in [1.29, 1.82) is 0 Å². The third-order valence-electron chi connectivity index (χ3n) is 3.89. The van der Waals surface area contributed by atoms with E-state index >= 15 is 0 Å². The molecule has 0 saturated heterocycles. The monoisotopic (exact) mass is 349 g/mol. The minimum absolute atomic E-state index is 0.0664. The van der Waals surface area contributed by atoms with Gasteiger partial charge in [0.05, 0.1) is 0 Å². The number of benzene rings is 2. The summed E-state index contributed by atoms with van der Waals surface area (Å²) in [6, 6.07) is 20.0. The van der Waals surface area contributed by atoms with Crippen LogP contribution in [0.4, 0.5) is 11.9 Å². The Kier molecular flexibility index (Phi) is 5.98. The highest BCUT2D eigenvalue weighted by Crippen LogP contribution is 2.13. The molecule has 0 fully saturated rings. The molecule has 2 N–H and O–H groups in total. The van der Waals surface area contributed by atoms with Gasteiger partial charge in [0, 0.05) is 19.5 Å². The smallest absolute Gasteiger partial charge is 0.250 e. The van der Waals surface area contributed by atoms with Gasteiger partial charge in [-0.3, -0.25) is 4.79 Å². The maximum absolute atomic E-state index is 12.4. The Balaban J connectivity index is 1.72. The second-order valence-electron chi connectivity index (χ2n) is 5.99. The van der Waals surface area contributed by atoms with Crippen molar-refractivity contribution in [3.8, 4) is 0 Å². The Bertz CT molecular complexity index is 830. The van der Waals surface area contributed by atoms with Crippen LogP contribution in [0.1, 0.15) is 35.7 Å². The average molecular weight is 349 g/mol. The molecule has 0 radical (unpaired) electrons. The fourth-order valence-corrected chi connectivity index (χ4v) is 2.55. The van der Waals surface area contributed by atoms with Crippen molar-refractivity contribution in [2.45, 2.75) is 32.9 Å². The first-order valence-corrected chi connectivity index (χ1v) is 8.82. The van der Waals surface area contributed by atoms with E-state index < -0.39 is 0 Å². The topological polar surface area (TPSA) is 71.8 Å². The molecule has 0 saturated carbocycles. The third-order valence-corrected chi connectivity index (χ3v) is 3.89. The molecule has 3 rings (SSSR count). The van der Waals surface area contributed by atoms with Crippen molar-refractivity contribution in [3.05, 3.63) is 71.8 Å². The van der Waals surface area contributed by atoms with Gasteiger partial charge >= 0.3 is 0 Å². The first-order valence-electron chi connectivity index (χ1n) is 8.82. The molecule has 2 aromatic carbocycles. The van der Waals surface area contributed by atoms with Crippen molar-refractivity contribution < 1.29 is 4.79 Å². The van der Waals surface area contributed by atoms with Crippen molar-refractivity contribution in [1.82, 2.24) is 14.8 Å². The van der Waals surface area contributed by atoms with Crippen molar-refractivity contribution in [3.63, 3.8) is 0 Å². The van der Waals surface area contributed by atoms with Gasteiger partial charge in [0.1, 0.15) is 0 Å². The second-order valence-corrected chi connectivity index (χ2v) is 5.99. The van der Waals surface area contributed by atoms with Gasteiger partial charge in [0.2, 0.25) is 17.8 Å². The molecule has 0 unspecified atom stereocenters. The van der Waals surface area contributed by atoms with Crippen molar-refractivity contribution in [2.75, 3.05) is 10.6 Å². The van der Waals surface area contributed by atoms with Crippen LogP contribution >= 0.6 is 0 Å². The van der Waals surface area contributed by atoms with Gasteiger partial charge in [-0.05, 0) is 17.5 Å². The van der Waals surface area contributed by atoms with Crippen LogP contribution in [0, 0.1) is 0 Å². The Morgan fingerprint density at radius 1 is 0.923 bits per heavy atom. The maximum atomic E-state index is 12.4. The normalized spacial score (nSPS) is 10.5. The van der Waals surface area contributed by atoms with Gasteiger partial charge in [0.15, 0.2) is 0 Å². The molecule has 26 heavy (non-hydrogen) atoms. The number of hydrogen-bond donors (Lipinski definition) is 2. The molecule has 0 aliphatic carbocycles. The molecule has 0 atom stereocenters. The Morgan fingerprint density at radius 2 is 1.50 bits per heavy atom. The summed E-state index contributed by atoms with van der Waals surface area (Å²) in [7, 11) is 0. The highest BCUT2D eigenvalue weighted by Gasteiger charge is 2.15. The first-order chi connectivity index (χ1) is 12.8. The summed E-state index contributed by atoms with van der Waals surface area (Å²) in [6.07, 6.45) is 1.20. The zero-order chi connectivity index (χ0) is 18.2. The van der Waals surface area contributed by atoms with E-state index in [0.717, 1.165) is 17.5 Å². The summed E-state index contributed by atoms with van der Waals surface area (Å²) < 4.78 is 1.36. The van der Waals surface area contributed by atoms with Gasteiger partial charge in [-0.1, -0.05) is 67.6 Å². The van der Waals surface area contributed by atoms with Crippen molar-refractivity contribution >= 4 is 17.8 Å². The van der Waals surface area contributed by atoms with Crippen LogP contribution in [0.25, 0.3) is 0 Å². The molecular formula is C20H23N5O. The predicted molar refractivity (Wildman–Crippen MR) is 103 cm³/mol. The number of nitrogens with zero attached hydrogens (tertiary/aromatic N) is 3. The summed E-state index contributed by atoms with van der Waals surface area (Å²) in [5, 5.41) is 10.7. The minimum Gasteiger partial charge on any atom is -0.350 e. The van der Waals surface area contributed by atoms with Gasteiger partial charge < -0.3 is 10.6 Å². The lowest BCUT2D eigenvalue weighted by Crippen LogP contribution is -2.16. The Morgan fingerprint density at radius 3 is 2.08 bits per heavy atom. The van der Waals surface area contributed by atoms with Gasteiger partial charge in [-0.15, -0.1) is 5.10 Å². The van der Waals surface area contributed by atoms with Gasteiger partial charge in [-0.25, -0.2) is 0 Å². The van der Waals surface area contributed by atoms with E-state index in [1.54, 1.807) is 0 Å². The summed E-state index contributed by atoms with van der Waals surface area (Å²) in [4.78, 5) is 16.8. The van der Waals surface area contributed by atoms with Crippen LogP contribution in [0.3, 0.4) is 0 Å². The Labute approximate surface area is 153 Å². The van der Waals surface area contributed by atoms with E-state index in [0.29, 0.717) is 31.4 Å². The van der Waals surface area contributed by atoms with E-state index in [9.17, 15) is 4.79 Å².